The second-order valence-corrected chi connectivity index (χ2v) is 6.00. The number of hydrogen-bond acceptors (Lipinski definition) is 3. The summed E-state index contributed by atoms with van der Waals surface area (Å²) in [6.07, 6.45) is 8.68. The maximum atomic E-state index is 3.56. The van der Waals surface area contributed by atoms with E-state index in [1.165, 1.54) is 64.7 Å². The summed E-state index contributed by atoms with van der Waals surface area (Å²) in [6, 6.07) is 1.59. The molecule has 0 bridgehead atoms. The lowest BCUT2D eigenvalue weighted by molar-refractivity contribution is 0.0786. The summed E-state index contributed by atoms with van der Waals surface area (Å²) in [7, 11) is 4.39. The highest BCUT2D eigenvalue weighted by Crippen LogP contribution is 2.24. The van der Waals surface area contributed by atoms with Crippen LogP contribution < -0.4 is 5.32 Å². The minimum absolute atomic E-state index is 0.724. The summed E-state index contributed by atoms with van der Waals surface area (Å²) >= 11 is 0. The Morgan fingerprint density at radius 2 is 1.82 bits per heavy atom. The second-order valence-electron chi connectivity index (χ2n) is 6.00. The molecule has 1 atom stereocenters. The zero-order valence-electron chi connectivity index (χ0n) is 11.6. The van der Waals surface area contributed by atoms with Gasteiger partial charge in [-0.15, -0.1) is 0 Å². The van der Waals surface area contributed by atoms with Gasteiger partial charge in [-0.2, -0.15) is 0 Å². The van der Waals surface area contributed by atoms with Crippen LogP contribution in [0.2, 0.25) is 0 Å². The standard InChI is InChI=1S/C14H29N3/c1-16(2)12-14-11-15-9-10-17(14)13-7-5-3-4-6-8-13/h13-15H,3-12H2,1-2H3. The van der Waals surface area contributed by atoms with Gasteiger partial charge in [-0.3, -0.25) is 4.90 Å². The Hall–Kier alpha value is -0.120. The lowest BCUT2D eigenvalue weighted by Crippen LogP contribution is -2.58. The predicted molar refractivity (Wildman–Crippen MR) is 73.4 cm³/mol. The molecule has 100 valence electrons. The molecular formula is C14H29N3. The first kappa shape index (κ1) is 13.3. The van der Waals surface area contributed by atoms with Crippen LogP contribution in [0, 0.1) is 0 Å². The van der Waals surface area contributed by atoms with Gasteiger partial charge in [0.25, 0.3) is 0 Å². The molecule has 1 saturated carbocycles. The Morgan fingerprint density at radius 3 is 2.47 bits per heavy atom. The average molecular weight is 239 g/mol. The van der Waals surface area contributed by atoms with E-state index in [-0.39, 0.29) is 0 Å². The predicted octanol–water partition coefficient (Wildman–Crippen LogP) is 1.54. The van der Waals surface area contributed by atoms with Crippen LogP contribution in [-0.4, -0.2) is 62.2 Å². The van der Waals surface area contributed by atoms with Gasteiger partial charge < -0.3 is 10.2 Å². The first-order valence-corrected chi connectivity index (χ1v) is 7.38. The van der Waals surface area contributed by atoms with Crippen molar-refractivity contribution in [1.82, 2.24) is 15.1 Å². The van der Waals surface area contributed by atoms with E-state index in [1.54, 1.807) is 0 Å². The Labute approximate surface area is 107 Å². The molecule has 0 aromatic carbocycles. The van der Waals surface area contributed by atoms with Gasteiger partial charge in [-0.1, -0.05) is 25.7 Å². The summed E-state index contributed by atoms with van der Waals surface area (Å²) in [4.78, 5) is 5.14. The van der Waals surface area contributed by atoms with E-state index in [0.717, 1.165) is 12.1 Å². The third-order valence-electron chi connectivity index (χ3n) is 4.27. The molecule has 1 N–H and O–H groups in total. The molecule has 3 nitrogen and oxygen atoms in total. The van der Waals surface area contributed by atoms with Gasteiger partial charge in [0.1, 0.15) is 0 Å². The van der Waals surface area contributed by atoms with Crippen molar-refractivity contribution in [1.29, 1.82) is 0 Å². The number of hydrogen-bond donors (Lipinski definition) is 1. The Morgan fingerprint density at radius 1 is 1.12 bits per heavy atom. The lowest BCUT2D eigenvalue weighted by atomic mass is 10.0. The maximum absolute atomic E-state index is 3.56. The second kappa shape index (κ2) is 6.72. The molecule has 0 amide bonds. The van der Waals surface area contributed by atoms with Crippen molar-refractivity contribution in [3.63, 3.8) is 0 Å². The normalized spacial score (nSPS) is 29.5. The largest absolute Gasteiger partial charge is 0.314 e. The topological polar surface area (TPSA) is 18.5 Å². The van der Waals surface area contributed by atoms with Crippen LogP contribution >= 0.6 is 0 Å². The van der Waals surface area contributed by atoms with E-state index >= 15 is 0 Å². The molecule has 1 aliphatic carbocycles. The van der Waals surface area contributed by atoms with Crippen molar-refractivity contribution in [2.45, 2.75) is 50.6 Å². The number of rotatable bonds is 3. The minimum atomic E-state index is 0.724. The molecule has 1 heterocycles. The summed E-state index contributed by atoms with van der Waals surface area (Å²) in [5, 5.41) is 3.56. The zero-order valence-corrected chi connectivity index (χ0v) is 11.6. The monoisotopic (exact) mass is 239 g/mol. The minimum Gasteiger partial charge on any atom is -0.314 e. The van der Waals surface area contributed by atoms with E-state index in [0.29, 0.717) is 0 Å². The van der Waals surface area contributed by atoms with Gasteiger partial charge in [-0.25, -0.2) is 0 Å². The van der Waals surface area contributed by atoms with Gasteiger partial charge in [-0.05, 0) is 26.9 Å². The van der Waals surface area contributed by atoms with Crippen molar-refractivity contribution in [2.75, 3.05) is 40.3 Å². The van der Waals surface area contributed by atoms with Crippen LogP contribution in [-0.2, 0) is 0 Å². The van der Waals surface area contributed by atoms with Crippen LogP contribution in [0.25, 0.3) is 0 Å². The number of nitrogens with one attached hydrogen (secondary N) is 1. The first-order valence-electron chi connectivity index (χ1n) is 7.38. The fraction of sp³-hybridized carbons (Fsp3) is 1.00. The van der Waals surface area contributed by atoms with Crippen molar-refractivity contribution in [3.8, 4) is 0 Å². The van der Waals surface area contributed by atoms with Crippen molar-refractivity contribution < 1.29 is 0 Å². The third kappa shape index (κ3) is 3.94. The third-order valence-corrected chi connectivity index (χ3v) is 4.27. The van der Waals surface area contributed by atoms with Crippen molar-refractivity contribution >= 4 is 0 Å². The first-order chi connectivity index (χ1) is 8.27. The molecule has 2 aliphatic rings. The molecule has 2 fully saturated rings. The van der Waals surface area contributed by atoms with Crippen molar-refractivity contribution in [3.05, 3.63) is 0 Å². The number of likely N-dealkylation sites (N-methyl/N-ethyl adjacent to an activating group) is 1. The molecule has 1 unspecified atom stereocenters. The van der Waals surface area contributed by atoms with E-state index in [2.05, 4.69) is 29.2 Å². The van der Waals surface area contributed by atoms with Crippen molar-refractivity contribution in [2.24, 2.45) is 0 Å². The van der Waals surface area contributed by atoms with Gasteiger partial charge in [0.05, 0.1) is 0 Å². The average Bonchev–Trinajstić information content (AvgIpc) is 2.57. The zero-order chi connectivity index (χ0) is 12.1. The molecule has 2 rings (SSSR count). The highest BCUT2D eigenvalue weighted by molar-refractivity contribution is 4.87. The van der Waals surface area contributed by atoms with Gasteiger partial charge >= 0.3 is 0 Å². The molecule has 0 aromatic heterocycles. The molecule has 1 aliphatic heterocycles. The Bertz CT molecular complexity index is 208. The fourth-order valence-corrected chi connectivity index (χ4v) is 3.44. The molecule has 0 spiro atoms. The smallest absolute Gasteiger partial charge is 0.0351 e. The van der Waals surface area contributed by atoms with E-state index in [1.807, 2.05) is 0 Å². The van der Waals surface area contributed by atoms with Crippen LogP contribution in [0.1, 0.15) is 38.5 Å². The van der Waals surface area contributed by atoms with Crippen LogP contribution in [0.15, 0.2) is 0 Å². The molecule has 3 heteroatoms. The SMILES string of the molecule is CN(C)CC1CNCCN1C1CCCCCC1. The molecule has 0 aromatic rings. The van der Waals surface area contributed by atoms with E-state index in [9.17, 15) is 0 Å². The highest BCUT2D eigenvalue weighted by atomic mass is 15.3. The number of piperazine rings is 1. The highest BCUT2D eigenvalue weighted by Gasteiger charge is 2.29. The van der Waals surface area contributed by atoms with E-state index < -0.39 is 0 Å². The quantitative estimate of drug-likeness (QED) is 0.754. The summed E-state index contributed by atoms with van der Waals surface area (Å²) in [5.74, 6) is 0. The number of nitrogens with zero attached hydrogens (tertiary/aromatic N) is 2. The van der Waals surface area contributed by atoms with Gasteiger partial charge in [0.15, 0.2) is 0 Å². The molecule has 0 radical (unpaired) electrons. The summed E-state index contributed by atoms with van der Waals surface area (Å²) in [5.41, 5.74) is 0. The lowest BCUT2D eigenvalue weighted by Gasteiger charge is -2.42. The van der Waals surface area contributed by atoms with Gasteiger partial charge in [0.2, 0.25) is 0 Å². The fourth-order valence-electron chi connectivity index (χ4n) is 3.44. The Balaban J connectivity index is 1.93. The van der Waals surface area contributed by atoms with Crippen LogP contribution in [0.5, 0.6) is 0 Å². The molecule has 1 saturated heterocycles. The molecule has 17 heavy (non-hydrogen) atoms. The Kier molecular flexibility index (Phi) is 5.26. The molecular weight excluding hydrogens is 210 g/mol. The van der Waals surface area contributed by atoms with Gasteiger partial charge in [0, 0.05) is 38.3 Å². The summed E-state index contributed by atoms with van der Waals surface area (Å²) in [6.45, 7) is 4.81. The maximum Gasteiger partial charge on any atom is 0.0351 e. The van der Waals surface area contributed by atoms with Crippen LogP contribution in [0.3, 0.4) is 0 Å². The van der Waals surface area contributed by atoms with Crippen LogP contribution in [0.4, 0.5) is 0 Å². The van der Waals surface area contributed by atoms with E-state index in [4.69, 9.17) is 0 Å². The summed E-state index contributed by atoms with van der Waals surface area (Å²) < 4.78 is 0.